The quantitative estimate of drug-likeness (QED) is 0.873. The third kappa shape index (κ3) is 3.06. The van der Waals surface area contributed by atoms with Crippen molar-refractivity contribution in [3.8, 4) is 0 Å². The van der Waals surface area contributed by atoms with Crippen molar-refractivity contribution in [2.75, 3.05) is 19.7 Å². The highest BCUT2D eigenvalue weighted by Gasteiger charge is 2.46. The zero-order valence-corrected chi connectivity index (χ0v) is 13.7. The molecular formula is C20H22N2O2. The van der Waals surface area contributed by atoms with Gasteiger partial charge in [-0.15, -0.1) is 0 Å². The summed E-state index contributed by atoms with van der Waals surface area (Å²) in [7, 11) is 0. The molecular weight excluding hydrogens is 300 g/mol. The lowest BCUT2D eigenvalue weighted by molar-refractivity contribution is -0.130. The number of nitrogens with zero attached hydrogens (tertiary/aromatic N) is 2. The highest BCUT2D eigenvalue weighted by molar-refractivity contribution is 5.78. The topological polar surface area (TPSA) is 42.4 Å². The molecule has 0 N–H and O–H groups in total. The van der Waals surface area contributed by atoms with E-state index in [1.54, 1.807) is 6.20 Å². The van der Waals surface area contributed by atoms with Crippen LogP contribution >= 0.6 is 0 Å². The van der Waals surface area contributed by atoms with Crippen LogP contribution in [0, 0.1) is 0 Å². The van der Waals surface area contributed by atoms with Gasteiger partial charge in [0.05, 0.1) is 18.6 Å². The summed E-state index contributed by atoms with van der Waals surface area (Å²) in [6.07, 6.45) is 4.05. The molecule has 1 spiro atoms. The molecule has 2 fully saturated rings. The van der Waals surface area contributed by atoms with Crippen LogP contribution in [-0.2, 0) is 16.0 Å². The molecule has 1 aromatic heterocycles. The molecule has 1 aromatic carbocycles. The standard InChI is InChI=1S/C20H22N2O2/c23-19(12-18-8-4-5-10-21-18)22-11-9-20(15-22)13-17(14-24-20)16-6-2-1-3-7-16/h1-8,10,17H,9,11-15H2/t17-,20+/m1/s1. The number of ether oxygens (including phenoxy) is 1. The van der Waals surface area contributed by atoms with E-state index >= 15 is 0 Å². The first-order valence-corrected chi connectivity index (χ1v) is 8.61. The summed E-state index contributed by atoms with van der Waals surface area (Å²) in [5.41, 5.74) is 2.02. The van der Waals surface area contributed by atoms with Crippen molar-refractivity contribution in [1.29, 1.82) is 0 Å². The maximum absolute atomic E-state index is 12.5. The molecule has 2 saturated heterocycles. The molecule has 1 amide bonds. The second-order valence-corrected chi connectivity index (χ2v) is 6.87. The zero-order chi connectivity index (χ0) is 16.4. The van der Waals surface area contributed by atoms with E-state index in [9.17, 15) is 4.79 Å². The van der Waals surface area contributed by atoms with Gasteiger partial charge in [-0.05, 0) is 30.5 Å². The molecule has 124 valence electrons. The number of rotatable bonds is 3. The van der Waals surface area contributed by atoms with Crippen LogP contribution in [-0.4, -0.2) is 41.1 Å². The summed E-state index contributed by atoms with van der Waals surface area (Å²) in [4.78, 5) is 18.7. The SMILES string of the molecule is O=C(Cc1ccccn1)N1CC[C@]2(C[C@@H](c3ccccc3)CO2)C1. The Morgan fingerprint density at radius 3 is 2.83 bits per heavy atom. The Hall–Kier alpha value is -2.20. The summed E-state index contributed by atoms with van der Waals surface area (Å²) >= 11 is 0. The van der Waals surface area contributed by atoms with E-state index in [4.69, 9.17) is 4.74 Å². The molecule has 24 heavy (non-hydrogen) atoms. The summed E-state index contributed by atoms with van der Waals surface area (Å²) in [6.45, 7) is 2.25. The van der Waals surface area contributed by atoms with Crippen LogP contribution in [0.1, 0.15) is 30.0 Å². The van der Waals surface area contributed by atoms with Crippen molar-refractivity contribution in [3.63, 3.8) is 0 Å². The molecule has 0 radical (unpaired) electrons. The molecule has 0 aliphatic carbocycles. The maximum Gasteiger partial charge on any atom is 0.228 e. The minimum atomic E-state index is -0.152. The van der Waals surface area contributed by atoms with E-state index < -0.39 is 0 Å². The summed E-state index contributed by atoms with van der Waals surface area (Å²) < 4.78 is 6.19. The average Bonchev–Trinajstić information content (AvgIpc) is 3.24. The van der Waals surface area contributed by atoms with E-state index in [0.717, 1.165) is 31.7 Å². The van der Waals surface area contributed by atoms with Gasteiger partial charge >= 0.3 is 0 Å². The van der Waals surface area contributed by atoms with Crippen LogP contribution < -0.4 is 0 Å². The Kier molecular flexibility index (Phi) is 4.07. The molecule has 2 aromatic rings. The molecule has 4 nitrogen and oxygen atoms in total. The van der Waals surface area contributed by atoms with Gasteiger partial charge in [-0.25, -0.2) is 0 Å². The molecule has 0 unspecified atom stereocenters. The van der Waals surface area contributed by atoms with Gasteiger partial charge in [-0.1, -0.05) is 36.4 Å². The monoisotopic (exact) mass is 322 g/mol. The number of pyridine rings is 1. The second kappa shape index (κ2) is 6.36. The molecule has 2 aliphatic rings. The van der Waals surface area contributed by atoms with E-state index in [1.807, 2.05) is 29.2 Å². The number of hydrogen-bond acceptors (Lipinski definition) is 3. The predicted octanol–water partition coefficient (Wildman–Crippen LogP) is 2.80. The van der Waals surface area contributed by atoms with Gasteiger partial charge in [0.2, 0.25) is 5.91 Å². The molecule has 3 heterocycles. The van der Waals surface area contributed by atoms with Crippen LogP contribution in [0.2, 0.25) is 0 Å². The largest absolute Gasteiger partial charge is 0.372 e. The van der Waals surface area contributed by atoms with Crippen molar-refractivity contribution < 1.29 is 9.53 Å². The fourth-order valence-corrected chi connectivity index (χ4v) is 3.89. The number of likely N-dealkylation sites (tertiary alicyclic amines) is 1. The Morgan fingerprint density at radius 1 is 1.21 bits per heavy atom. The van der Waals surface area contributed by atoms with Crippen molar-refractivity contribution >= 4 is 5.91 Å². The van der Waals surface area contributed by atoms with E-state index in [-0.39, 0.29) is 11.5 Å². The predicted molar refractivity (Wildman–Crippen MR) is 91.6 cm³/mol. The van der Waals surface area contributed by atoms with Crippen molar-refractivity contribution in [1.82, 2.24) is 9.88 Å². The van der Waals surface area contributed by atoms with Crippen molar-refractivity contribution in [2.45, 2.75) is 30.8 Å². The van der Waals surface area contributed by atoms with Crippen molar-refractivity contribution in [2.24, 2.45) is 0 Å². The number of aromatic nitrogens is 1. The smallest absolute Gasteiger partial charge is 0.228 e. The zero-order valence-electron chi connectivity index (χ0n) is 13.7. The lowest BCUT2D eigenvalue weighted by atomic mass is 9.89. The fourth-order valence-electron chi connectivity index (χ4n) is 3.89. The number of carbonyl (C=O) groups is 1. The van der Waals surface area contributed by atoms with E-state index in [1.165, 1.54) is 5.56 Å². The van der Waals surface area contributed by atoms with Gasteiger partial charge in [0.15, 0.2) is 0 Å². The highest BCUT2D eigenvalue weighted by Crippen LogP contribution is 2.42. The highest BCUT2D eigenvalue weighted by atomic mass is 16.5. The fraction of sp³-hybridized carbons (Fsp3) is 0.400. The van der Waals surface area contributed by atoms with Crippen molar-refractivity contribution in [3.05, 3.63) is 66.0 Å². The molecule has 0 bridgehead atoms. The second-order valence-electron chi connectivity index (χ2n) is 6.87. The molecule has 0 saturated carbocycles. The van der Waals surface area contributed by atoms with Gasteiger partial charge < -0.3 is 9.64 Å². The number of hydrogen-bond donors (Lipinski definition) is 0. The first kappa shape index (κ1) is 15.3. The van der Waals surface area contributed by atoms with Gasteiger partial charge in [0, 0.05) is 30.9 Å². The summed E-state index contributed by atoms with van der Waals surface area (Å²) in [5, 5.41) is 0. The third-order valence-electron chi connectivity index (χ3n) is 5.21. The van der Waals surface area contributed by atoms with Gasteiger partial charge in [-0.2, -0.15) is 0 Å². The number of carbonyl (C=O) groups excluding carboxylic acids is 1. The average molecular weight is 322 g/mol. The van der Waals surface area contributed by atoms with Crippen LogP contribution in [0.5, 0.6) is 0 Å². The summed E-state index contributed by atoms with van der Waals surface area (Å²) in [5.74, 6) is 0.592. The minimum absolute atomic E-state index is 0.150. The maximum atomic E-state index is 12.5. The first-order valence-electron chi connectivity index (χ1n) is 8.61. The minimum Gasteiger partial charge on any atom is -0.372 e. The molecule has 4 heteroatoms. The van der Waals surface area contributed by atoms with Crippen LogP contribution in [0.15, 0.2) is 54.7 Å². The lowest BCUT2D eigenvalue weighted by Gasteiger charge is -2.23. The first-order chi connectivity index (χ1) is 11.7. The summed E-state index contributed by atoms with van der Waals surface area (Å²) in [6, 6.07) is 16.2. The van der Waals surface area contributed by atoms with Crippen LogP contribution in [0.3, 0.4) is 0 Å². The van der Waals surface area contributed by atoms with Crippen LogP contribution in [0.25, 0.3) is 0 Å². The molecule has 2 atom stereocenters. The Morgan fingerprint density at radius 2 is 2.04 bits per heavy atom. The molecule has 2 aliphatic heterocycles. The normalized spacial score (nSPS) is 26.2. The molecule has 4 rings (SSSR count). The number of benzene rings is 1. The van der Waals surface area contributed by atoms with Gasteiger partial charge in [0.25, 0.3) is 0 Å². The lowest BCUT2D eigenvalue weighted by Crippen LogP contribution is -2.36. The van der Waals surface area contributed by atoms with Gasteiger partial charge in [0.1, 0.15) is 0 Å². The Bertz CT molecular complexity index is 704. The Labute approximate surface area is 142 Å². The number of amides is 1. The Balaban J connectivity index is 1.39. The van der Waals surface area contributed by atoms with E-state index in [0.29, 0.717) is 18.9 Å². The van der Waals surface area contributed by atoms with E-state index in [2.05, 4.69) is 29.2 Å². The third-order valence-corrected chi connectivity index (χ3v) is 5.21. The van der Waals surface area contributed by atoms with Gasteiger partial charge in [-0.3, -0.25) is 9.78 Å². The van der Waals surface area contributed by atoms with Crippen LogP contribution in [0.4, 0.5) is 0 Å².